The monoisotopic (exact) mass is 204 g/mol. The van der Waals surface area contributed by atoms with Crippen LogP contribution >= 0.6 is 0 Å². The van der Waals surface area contributed by atoms with Crippen molar-refractivity contribution in [3.63, 3.8) is 0 Å². The Labute approximate surface area is 92.5 Å². The van der Waals surface area contributed by atoms with Crippen molar-refractivity contribution in [2.24, 2.45) is 0 Å². The average molecular weight is 204 g/mol. The molecular formula is C14H20O. The van der Waals surface area contributed by atoms with Crippen LogP contribution in [0.15, 0.2) is 24.3 Å². The highest BCUT2D eigenvalue weighted by Crippen LogP contribution is 2.27. The fraction of sp³-hybridized carbons (Fsp3) is 0.500. The SMILES string of the molecule is CC(C)c1ccc(C(C)(C)CC=O)cc1. The molecule has 1 aromatic rings. The molecule has 1 aromatic carbocycles. The summed E-state index contributed by atoms with van der Waals surface area (Å²) in [6.45, 7) is 8.58. The predicted octanol–water partition coefficient (Wildman–Crippen LogP) is 3.68. The number of rotatable bonds is 4. The first kappa shape index (κ1) is 12.0. The lowest BCUT2D eigenvalue weighted by atomic mass is 9.81. The lowest BCUT2D eigenvalue weighted by Gasteiger charge is -2.23. The van der Waals surface area contributed by atoms with E-state index in [2.05, 4.69) is 52.0 Å². The number of carbonyl (C=O) groups is 1. The molecule has 1 nitrogen and oxygen atoms in total. The zero-order valence-electron chi connectivity index (χ0n) is 10.1. The molecule has 0 aromatic heterocycles. The van der Waals surface area contributed by atoms with Crippen LogP contribution in [0.5, 0.6) is 0 Å². The summed E-state index contributed by atoms with van der Waals surface area (Å²) in [4.78, 5) is 10.6. The summed E-state index contributed by atoms with van der Waals surface area (Å²) in [6, 6.07) is 8.59. The quantitative estimate of drug-likeness (QED) is 0.684. The summed E-state index contributed by atoms with van der Waals surface area (Å²) >= 11 is 0. The molecule has 0 saturated carbocycles. The van der Waals surface area contributed by atoms with Gasteiger partial charge in [-0.15, -0.1) is 0 Å². The van der Waals surface area contributed by atoms with E-state index in [0.29, 0.717) is 12.3 Å². The minimum absolute atomic E-state index is 0.0444. The van der Waals surface area contributed by atoms with Gasteiger partial charge in [0.05, 0.1) is 0 Å². The fourth-order valence-electron chi connectivity index (χ4n) is 1.65. The van der Waals surface area contributed by atoms with Crippen LogP contribution in [0.2, 0.25) is 0 Å². The first-order chi connectivity index (χ1) is 6.97. The second-order valence-electron chi connectivity index (χ2n) is 5.03. The number of hydrogen-bond donors (Lipinski definition) is 0. The van der Waals surface area contributed by atoms with E-state index in [4.69, 9.17) is 0 Å². The Bertz CT molecular complexity index is 320. The predicted molar refractivity (Wildman–Crippen MR) is 64.2 cm³/mol. The van der Waals surface area contributed by atoms with E-state index < -0.39 is 0 Å². The minimum atomic E-state index is -0.0444. The van der Waals surface area contributed by atoms with Gasteiger partial charge >= 0.3 is 0 Å². The maximum Gasteiger partial charge on any atom is 0.120 e. The zero-order valence-corrected chi connectivity index (χ0v) is 10.1. The van der Waals surface area contributed by atoms with Crippen LogP contribution in [0.1, 0.15) is 51.2 Å². The van der Waals surface area contributed by atoms with Gasteiger partial charge in [-0.3, -0.25) is 0 Å². The molecule has 0 unspecified atom stereocenters. The van der Waals surface area contributed by atoms with Gasteiger partial charge in [-0.2, -0.15) is 0 Å². The fourth-order valence-corrected chi connectivity index (χ4v) is 1.65. The maximum absolute atomic E-state index is 10.6. The largest absolute Gasteiger partial charge is 0.303 e. The highest BCUT2D eigenvalue weighted by molar-refractivity contribution is 5.53. The highest BCUT2D eigenvalue weighted by atomic mass is 16.1. The Hall–Kier alpha value is -1.11. The van der Waals surface area contributed by atoms with Crippen molar-refractivity contribution < 1.29 is 4.79 Å². The van der Waals surface area contributed by atoms with Gasteiger partial charge in [0.2, 0.25) is 0 Å². The molecule has 0 bridgehead atoms. The van der Waals surface area contributed by atoms with E-state index in [0.717, 1.165) is 6.29 Å². The smallest absolute Gasteiger partial charge is 0.120 e. The summed E-state index contributed by atoms with van der Waals surface area (Å²) in [7, 11) is 0. The van der Waals surface area contributed by atoms with Crippen molar-refractivity contribution in [3.05, 3.63) is 35.4 Å². The van der Waals surface area contributed by atoms with E-state index in [1.165, 1.54) is 11.1 Å². The van der Waals surface area contributed by atoms with Gasteiger partial charge < -0.3 is 4.79 Å². The van der Waals surface area contributed by atoms with Crippen molar-refractivity contribution >= 4 is 6.29 Å². The summed E-state index contributed by atoms with van der Waals surface area (Å²) in [5.74, 6) is 0.563. The summed E-state index contributed by atoms with van der Waals surface area (Å²) in [5.41, 5.74) is 2.54. The zero-order chi connectivity index (χ0) is 11.5. The first-order valence-electron chi connectivity index (χ1n) is 5.51. The molecule has 15 heavy (non-hydrogen) atoms. The minimum Gasteiger partial charge on any atom is -0.303 e. The van der Waals surface area contributed by atoms with Crippen LogP contribution < -0.4 is 0 Å². The molecule has 0 amide bonds. The molecule has 0 saturated heterocycles. The average Bonchev–Trinajstić information content (AvgIpc) is 2.18. The maximum atomic E-state index is 10.6. The Kier molecular flexibility index (Phi) is 3.67. The molecule has 0 heterocycles. The van der Waals surface area contributed by atoms with Crippen molar-refractivity contribution in [3.8, 4) is 0 Å². The molecule has 0 N–H and O–H groups in total. The highest BCUT2D eigenvalue weighted by Gasteiger charge is 2.19. The molecule has 1 rings (SSSR count). The van der Waals surface area contributed by atoms with E-state index in [1.54, 1.807) is 0 Å². The van der Waals surface area contributed by atoms with E-state index >= 15 is 0 Å². The van der Waals surface area contributed by atoms with Gasteiger partial charge in [-0.05, 0) is 22.5 Å². The third-order valence-corrected chi connectivity index (χ3v) is 2.95. The number of benzene rings is 1. The second-order valence-corrected chi connectivity index (χ2v) is 5.03. The Morgan fingerprint density at radius 2 is 1.73 bits per heavy atom. The normalized spacial score (nSPS) is 11.8. The van der Waals surface area contributed by atoms with Crippen LogP contribution in [0.4, 0.5) is 0 Å². The molecule has 82 valence electrons. The molecule has 1 heteroatoms. The van der Waals surface area contributed by atoms with Crippen LogP contribution in [0, 0.1) is 0 Å². The number of carbonyl (C=O) groups excluding carboxylic acids is 1. The third-order valence-electron chi connectivity index (χ3n) is 2.95. The van der Waals surface area contributed by atoms with E-state index in [-0.39, 0.29) is 5.41 Å². The summed E-state index contributed by atoms with van der Waals surface area (Å²) in [6.07, 6.45) is 1.57. The van der Waals surface area contributed by atoms with Crippen LogP contribution in [0.3, 0.4) is 0 Å². The van der Waals surface area contributed by atoms with Gasteiger partial charge in [0.15, 0.2) is 0 Å². The summed E-state index contributed by atoms with van der Waals surface area (Å²) < 4.78 is 0. The van der Waals surface area contributed by atoms with Crippen LogP contribution in [-0.4, -0.2) is 6.29 Å². The van der Waals surface area contributed by atoms with E-state index in [1.807, 2.05) is 0 Å². The van der Waals surface area contributed by atoms with Gasteiger partial charge in [0, 0.05) is 6.42 Å². The van der Waals surface area contributed by atoms with Gasteiger partial charge in [-0.1, -0.05) is 52.0 Å². The topological polar surface area (TPSA) is 17.1 Å². The van der Waals surface area contributed by atoms with Crippen molar-refractivity contribution in [1.82, 2.24) is 0 Å². The first-order valence-corrected chi connectivity index (χ1v) is 5.51. The van der Waals surface area contributed by atoms with Crippen molar-refractivity contribution in [1.29, 1.82) is 0 Å². The molecular weight excluding hydrogens is 184 g/mol. The standard InChI is InChI=1S/C14H20O/c1-11(2)12-5-7-13(8-6-12)14(3,4)9-10-15/h5-8,10-11H,9H2,1-4H3. The number of aldehydes is 1. The van der Waals surface area contributed by atoms with Crippen LogP contribution in [0.25, 0.3) is 0 Å². The molecule has 0 spiro atoms. The molecule has 0 aliphatic rings. The lowest BCUT2D eigenvalue weighted by molar-refractivity contribution is -0.108. The van der Waals surface area contributed by atoms with Crippen LogP contribution in [-0.2, 0) is 10.2 Å². The molecule has 0 aliphatic carbocycles. The molecule has 0 radical (unpaired) electrons. The molecule has 0 fully saturated rings. The molecule has 0 atom stereocenters. The Balaban J connectivity index is 2.92. The van der Waals surface area contributed by atoms with Gasteiger partial charge in [-0.25, -0.2) is 0 Å². The van der Waals surface area contributed by atoms with Gasteiger partial charge in [0.1, 0.15) is 6.29 Å². The van der Waals surface area contributed by atoms with Gasteiger partial charge in [0.25, 0.3) is 0 Å². The number of hydrogen-bond acceptors (Lipinski definition) is 1. The Morgan fingerprint density at radius 3 is 2.13 bits per heavy atom. The second kappa shape index (κ2) is 4.61. The lowest BCUT2D eigenvalue weighted by Crippen LogP contribution is -2.17. The third kappa shape index (κ3) is 2.92. The van der Waals surface area contributed by atoms with Crippen molar-refractivity contribution in [2.75, 3.05) is 0 Å². The Morgan fingerprint density at radius 1 is 1.20 bits per heavy atom. The van der Waals surface area contributed by atoms with Crippen molar-refractivity contribution in [2.45, 2.75) is 45.4 Å². The van der Waals surface area contributed by atoms with E-state index in [9.17, 15) is 4.79 Å². The molecule has 0 aliphatic heterocycles. The summed E-state index contributed by atoms with van der Waals surface area (Å²) in [5, 5.41) is 0.